The van der Waals surface area contributed by atoms with Crippen molar-refractivity contribution in [3.63, 3.8) is 0 Å². The van der Waals surface area contributed by atoms with E-state index in [0.29, 0.717) is 0 Å². The van der Waals surface area contributed by atoms with E-state index >= 15 is 0 Å². The Morgan fingerprint density at radius 3 is 1.80 bits per heavy atom. The topological polar surface area (TPSA) is 67.2 Å². The molecule has 0 aromatic carbocycles. The Morgan fingerprint density at radius 2 is 1.53 bits per heavy atom. The Balaban J connectivity index is 0. The first kappa shape index (κ1) is 16.8. The molecule has 0 bridgehead atoms. The van der Waals surface area contributed by atoms with Gasteiger partial charge in [0.15, 0.2) is 0 Å². The summed E-state index contributed by atoms with van der Waals surface area (Å²) in [6.07, 6.45) is 0.813. The fraction of sp³-hybridized carbons (Fsp3) is 0.909. The monoisotopic (exact) mass is 217 g/mol. The molecule has 4 heteroatoms. The van der Waals surface area contributed by atoms with Crippen molar-refractivity contribution in [2.75, 3.05) is 0 Å². The molecule has 0 aliphatic carbocycles. The molecular formula is C11H27N3O. The lowest BCUT2D eigenvalue weighted by atomic mass is 9.76. The lowest BCUT2D eigenvalue weighted by Gasteiger charge is -2.30. The lowest BCUT2D eigenvalue weighted by Crippen LogP contribution is -2.49. The van der Waals surface area contributed by atoms with Crippen molar-refractivity contribution in [3.05, 3.63) is 0 Å². The highest BCUT2D eigenvalue weighted by Gasteiger charge is 2.32. The highest BCUT2D eigenvalue weighted by atomic mass is 16.2. The predicted octanol–water partition coefficient (Wildman–Crippen LogP) is 1.97. The van der Waals surface area contributed by atoms with E-state index in [0.717, 1.165) is 6.42 Å². The molecule has 0 atom stereocenters. The van der Waals surface area contributed by atoms with E-state index in [-0.39, 0.29) is 11.3 Å². The number of nitrogens with one attached hydrogen (secondary N) is 2. The molecular weight excluding hydrogens is 190 g/mol. The van der Waals surface area contributed by atoms with Gasteiger partial charge in [-0.3, -0.25) is 16.1 Å². The first-order valence-electron chi connectivity index (χ1n) is 5.45. The molecule has 0 aromatic rings. The first-order valence-corrected chi connectivity index (χ1v) is 5.45. The summed E-state index contributed by atoms with van der Waals surface area (Å²) in [7, 11) is 0. The molecule has 0 rings (SSSR count). The number of hydrogen-bond acceptors (Lipinski definition) is 3. The first-order chi connectivity index (χ1) is 6.69. The summed E-state index contributed by atoms with van der Waals surface area (Å²) in [4.78, 5) is 11.5. The second-order valence-electron chi connectivity index (χ2n) is 5.22. The van der Waals surface area contributed by atoms with Crippen LogP contribution in [0, 0.1) is 10.8 Å². The fourth-order valence-corrected chi connectivity index (χ4v) is 1.64. The zero-order chi connectivity index (χ0) is 12.7. The highest BCUT2D eigenvalue weighted by molar-refractivity contribution is 5.81. The number of amides is 1. The third-order valence-corrected chi connectivity index (χ3v) is 1.77. The van der Waals surface area contributed by atoms with E-state index in [1.807, 2.05) is 27.7 Å². The molecule has 4 nitrogen and oxygen atoms in total. The fourth-order valence-electron chi connectivity index (χ4n) is 1.64. The van der Waals surface area contributed by atoms with Crippen LogP contribution >= 0.6 is 0 Å². The van der Waals surface area contributed by atoms with Gasteiger partial charge in [0.25, 0.3) is 0 Å². The number of carbonyl (C=O) groups excluding carboxylic acids is 1. The molecule has 0 aliphatic rings. The van der Waals surface area contributed by atoms with Crippen LogP contribution in [0.5, 0.6) is 0 Å². The van der Waals surface area contributed by atoms with Crippen molar-refractivity contribution >= 4 is 5.91 Å². The van der Waals surface area contributed by atoms with Crippen molar-refractivity contribution in [1.82, 2.24) is 11.0 Å². The van der Waals surface area contributed by atoms with Gasteiger partial charge in [0.1, 0.15) is 0 Å². The van der Waals surface area contributed by atoms with Crippen molar-refractivity contribution in [1.29, 1.82) is 0 Å². The summed E-state index contributed by atoms with van der Waals surface area (Å²) in [6, 6.07) is 0. The second-order valence-corrected chi connectivity index (χ2v) is 5.22. The van der Waals surface area contributed by atoms with E-state index in [4.69, 9.17) is 5.84 Å². The maximum absolute atomic E-state index is 11.5. The average molecular weight is 217 g/mol. The molecule has 92 valence electrons. The molecule has 0 unspecified atom stereocenters. The van der Waals surface area contributed by atoms with Gasteiger partial charge in [-0.2, -0.15) is 5.53 Å². The van der Waals surface area contributed by atoms with Crippen LogP contribution in [-0.4, -0.2) is 5.91 Å². The predicted molar refractivity (Wildman–Crippen MR) is 64.7 cm³/mol. The Bertz CT molecular complexity index is 183. The maximum Gasteiger partial charge on any atom is 0.240 e. The van der Waals surface area contributed by atoms with Crippen LogP contribution in [0.1, 0.15) is 54.9 Å². The summed E-state index contributed by atoms with van der Waals surface area (Å²) in [6.45, 7) is 14.1. The van der Waals surface area contributed by atoms with Crippen LogP contribution in [0.15, 0.2) is 0 Å². The minimum Gasteiger partial charge on any atom is -0.278 e. The van der Waals surface area contributed by atoms with Crippen molar-refractivity contribution < 1.29 is 4.79 Å². The standard InChI is InChI=1S/C9H21N3O.C2H6/c1-8(2,3)6-9(4,5)7(13)11-12-10;1-2/h12H,6,10H2,1-5H3,(H,11,13);1-2H3. The normalized spacial score (nSPS) is 11.5. The number of nitrogens with two attached hydrogens (primary N) is 1. The molecule has 0 aromatic heterocycles. The average Bonchev–Trinajstić information content (AvgIpc) is 2.04. The molecule has 15 heavy (non-hydrogen) atoms. The summed E-state index contributed by atoms with van der Waals surface area (Å²) in [5.41, 5.74) is 4.29. The Kier molecular flexibility index (Phi) is 7.62. The Morgan fingerprint density at radius 1 is 1.13 bits per heavy atom. The number of rotatable bonds is 3. The molecule has 1 amide bonds. The highest BCUT2D eigenvalue weighted by Crippen LogP contribution is 2.32. The third-order valence-electron chi connectivity index (χ3n) is 1.77. The van der Waals surface area contributed by atoms with Crippen LogP contribution in [-0.2, 0) is 4.79 Å². The lowest BCUT2D eigenvalue weighted by molar-refractivity contribution is -0.131. The zero-order valence-corrected chi connectivity index (χ0v) is 11.2. The smallest absolute Gasteiger partial charge is 0.240 e. The molecule has 0 saturated carbocycles. The zero-order valence-electron chi connectivity index (χ0n) is 11.2. The van der Waals surface area contributed by atoms with E-state index in [2.05, 4.69) is 31.7 Å². The van der Waals surface area contributed by atoms with Gasteiger partial charge < -0.3 is 0 Å². The van der Waals surface area contributed by atoms with Crippen LogP contribution in [0.2, 0.25) is 0 Å². The van der Waals surface area contributed by atoms with Crippen molar-refractivity contribution in [3.8, 4) is 0 Å². The van der Waals surface area contributed by atoms with Gasteiger partial charge in [-0.05, 0) is 11.8 Å². The van der Waals surface area contributed by atoms with Crippen LogP contribution < -0.4 is 16.8 Å². The number of hydrogen-bond donors (Lipinski definition) is 3. The maximum atomic E-state index is 11.5. The summed E-state index contributed by atoms with van der Waals surface area (Å²) in [5.74, 6) is 4.93. The van der Waals surface area contributed by atoms with E-state index in [1.165, 1.54) is 0 Å². The largest absolute Gasteiger partial charge is 0.278 e. The number of hydrazine groups is 2. The minimum atomic E-state index is -0.398. The molecule has 0 saturated heterocycles. The summed E-state index contributed by atoms with van der Waals surface area (Å²) < 4.78 is 0. The quantitative estimate of drug-likeness (QED) is 0.500. The second kappa shape index (κ2) is 6.80. The van der Waals surface area contributed by atoms with Gasteiger partial charge in [-0.15, -0.1) is 0 Å². The third kappa shape index (κ3) is 8.39. The van der Waals surface area contributed by atoms with Crippen LogP contribution in [0.4, 0.5) is 0 Å². The molecule has 0 heterocycles. The van der Waals surface area contributed by atoms with Gasteiger partial charge in [-0.1, -0.05) is 48.5 Å². The van der Waals surface area contributed by atoms with Gasteiger partial charge in [0, 0.05) is 5.41 Å². The van der Waals surface area contributed by atoms with Crippen molar-refractivity contribution in [2.45, 2.75) is 54.9 Å². The van der Waals surface area contributed by atoms with Crippen LogP contribution in [0.3, 0.4) is 0 Å². The molecule has 0 aliphatic heterocycles. The van der Waals surface area contributed by atoms with Gasteiger partial charge >= 0.3 is 0 Å². The summed E-state index contributed by atoms with van der Waals surface area (Å²) in [5, 5.41) is 0. The van der Waals surface area contributed by atoms with E-state index in [1.54, 1.807) is 0 Å². The van der Waals surface area contributed by atoms with E-state index < -0.39 is 5.41 Å². The molecule has 0 spiro atoms. The van der Waals surface area contributed by atoms with Gasteiger partial charge in [-0.25, -0.2) is 0 Å². The van der Waals surface area contributed by atoms with E-state index in [9.17, 15) is 4.79 Å². The molecule has 0 radical (unpaired) electrons. The van der Waals surface area contributed by atoms with Crippen LogP contribution in [0.25, 0.3) is 0 Å². The molecule has 0 fully saturated rings. The Labute approximate surface area is 93.9 Å². The number of carbonyl (C=O) groups is 1. The van der Waals surface area contributed by atoms with Gasteiger partial charge in [0.2, 0.25) is 5.91 Å². The van der Waals surface area contributed by atoms with Gasteiger partial charge in [0.05, 0.1) is 0 Å². The SMILES string of the molecule is CC.CC(C)(C)CC(C)(C)C(=O)NNN. The Hall–Kier alpha value is -0.610. The minimum absolute atomic E-state index is 0.0788. The molecule has 4 N–H and O–H groups in total. The summed E-state index contributed by atoms with van der Waals surface area (Å²) >= 11 is 0. The van der Waals surface area contributed by atoms with Crippen molar-refractivity contribution in [2.24, 2.45) is 16.7 Å².